The van der Waals surface area contributed by atoms with Gasteiger partial charge in [-0.25, -0.2) is 0 Å². The molecule has 2 heterocycles. The van der Waals surface area contributed by atoms with Crippen molar-refractivity contribution < 1.29 is 38.8 Å². The Morgan fingerprint density at radius 1 is 1.24 bits per heavy atom. The standard InChI is InChI=1S/C30H44O8/c1-8-24(33)21(5)29-25(37-29)16-18(2)10-9-11-19(3)28-20(4)12-13-26(36-22(6)31)30(7,35)15-14-23(32)17-27(34)38-28/h9-15,18,20-21,23,25-26,28-29,32,35H,8,16-17H2,1-7H3/b10-9+,13-12-,15-14-,19-11+. The number of carbonyl (C=O) groups excluding carboxylic acids is 3. The number of hydrogen-bond donors (Lipinski definition) is 2. The molecule has 9 atom stereocenters. The summed E-state index contributed by atoms with van der Waals surface area (Å²) >= 11 is 0. The molecule has 2 aliphatic rings. The number of hydrogen-bond acceptors (Lipinski definition) is 8. The van der Waals surface area contributed by atoms with Crippen LogP contribution in [-0.2, 0) is 28.6 Å². The van der Waals surface area contributed by atoms with Crippen LogP contribution < -0.4 is 0 Å². The van der Waals surface area contributed by atoms with Crippen LogP contribution in [0.1, 0.15) is 67.7 Å². The van der Waals surface area contributed by atoms with Gasteiger partial charge in [0.25, 0.3) is 0 Å². The average Bonchev–Trinajstić information content (AvgIpc) is 3.60. The van der Waals surface area contributed by atoms with Crippen molar-refractivity contribution in [2.75, 3.05) is 0 Å². The summed E-state index contributed by atoms with van der Waals surface area (Å²) in [5.74, 6) is -1.06. The van der Waals surface area contributed by atoms with Crippen LogP contribution in [-0.4, -0.2) is 64.1 Å². The highest BCUT2D eigenvalue weighted by Gasteiger charge is 2.45. The van der Waals surface area contributed by atoms with E-state index < -0.39 is 35.9 Å². The number of esters is 2. The van der Waals surface area contributed by atoms with Gasteiger partial charge in [0.1, 0.15) is 17.5 Å². The second-order valence-electron chi connectivity index (χ2n) is 10.8. The molecule has 212 valence electrons. The van der Waals surface area contributed by atoms with Crippen LogP contribution in [0.3, 0.4) is 0 Å². The van der Waals surface area contributed by atoms with Crippen LogP contribution in [0.5, 0.6) is 0 Å². The van der Waals surface area contributed by atoms with E-state index in [2.05, 4.69) is 13.0 Å². The van der Waals surface area contributed by atoms with Gasteiger partial charge < -0.3 is 24.4 Å². The molecule has 8 nitrogen and oxygen atoms in total. The molecule has 2 aliphatic heterocycles. The normalized spacial score (nSPS) is 35.8. The second kappa shape index (κ2) is 14.0. The molecule has 0 aromatic heterocycles. The Labute approximate surface area is 226 Å². The lowest BCUT2D eigenvalue weighted by Crippen LogP contribution is -2.40. The van der Waals surface area contributed by atoms with Gasteiger partial charge >= 0.3 is 11.9 Å². The van der Waals surface area contributed by atoms with E-state index in [0.29, 0.717) is 6.42 Å². The Hall–Kier alpha value is -2.55. The molecule has 2 rings (SSSR count). The first-order valence-electron chi connectivity index (χ1n) is 13.4. The van der Waals surface area contributed by atoms with Crippen LogP contribution >= 0.6 is 0 Å². The molecule has 0 aromatic rings. The zero-order valence-electron chi connectivity index (χ0n) is 23.6. The second-order valence-corrected chi connectivity index (χ2v) is 10.8. The number of aliphatic hydroxyl groups is 2. The maximum absolute atomic E-state index is 12.6. The van der Waals surface area contributed by atoms with Gasteiger partial charge in [0, 0.05) is 25.2 Å². The van der Waals surface area contributed by atoms with Gasteiger partial charge in [0.2, 0.25) is 0 Å². The lowest BCUT2D eigenvalue weighted by atomic mass is 9.92. The van der Waals surface area contributed by atoms with Crippen LogP contribution in [0.4, 0.5) is 0 Å². The quantitative estimate of drug-likeness (QED) is 0.198. The number of Topliss-reactive ketones (excluding diaryl/α,β-unsaturated/α-hetero) is 1. The highest BCUT2D eigenvalue weighted by atomic mass is 16.6. The number of allylic oxidation sites excluding steroid dienone is 3. The largest absolute Gasteiger partial charge is 0.457 e. The van der Waals surface area contributed by atoms with Crippen molar-refractivity contribution in [2.24, 2.45) is 17.8 Å². The first-order valence-corrected chi connectivity index (χ1v) is 13.4. The Bertz CT molecular complexity index is 959. The fourth-order valence-electron chi connectivity index (χ4n) is 4.58. The van der Waals surface area contributed by atoms with E-state index >= 15 is 0 Å². The molecule has 0 bridgehead atoms. The maximum atomic E-state index is 12.6. The van der Waals surface area contributed by atoms with Crippen LogP contribution in [0, 0.1) is 17.8 Å². The third kappa shape index (κ3) is 9.64. The van der Waals surface area contributed by atoms with Crippen molar-refractivity contribution in [3.8, 4) is 0 Å². The van der Waals surface area contributed by atoms with Gasteiger partial charge in [-0.05, 0) is 37.8 Å². The molecule has 9 unspecified atom stereocenters. The molecule has 0 saturated carbocycles. The summed E-state index contributed by atoms with van der Waals surface area (Å²) in [4.78, 5) is 36.1. The van der Waals surface area contributed by atoms with E-state index in [4.69, 9.17) is 14.2 Å². The number of cyclic esters (lactones) is 1. The number of aliphatic hydroxyl groups excluding tert-OH is 1. The minimum atomic E-state index is -1.59. The van der Waals surface area contributed by atoms with E-state index in [0.717, 1.165) is 12.0 Å². The van der Waals surface area contributed by atoms with E-state index in [1.54, 1.807) is 12.2 Å². The third-order valence-electron chi connectivity index (χ3n) is 7.05. The predicted molar refractivity (Wildman–Crippen MR) is 144 cm³/mol. The van der Waals surface area contributed by atoms with Gasteiger partial charge in [-0.1, -0.05) is 64.2 Å². The third-order valence-corrected chi connectivity index (χ3v) is 7.05. The fraction of sp³-hybridized carbons (Fsp3) is 0.633. The van der Waals surface area contributed by atoms with Gasteiger partial charge in [0.05, 0.1) is 24.7 Å². The van der Waals surface area contributed by atoms with Gasteiger partial charge in [-0.15, -0.1) is 0 Å². The summed E-state index contributed by atoms with van der Waals surface area (Å²) in [7, 11) is 0. The molecular formula is C30H44O8. The molecule has 0 spiro atoms. The number of ether oxygens (including phenoxy) is 3. The molecule has 0 amide bonds. The Morgan fingerprint density at radius 2 is 1.92 bits per heavy atom. The molecule has 0 aliphatic carbocycles. The van der Waals surface area contributed by atoms with E-state index in [1.165, 1.54) is 26.0 Å². The summed E-state index contributed by atoms with van der Waals surface area (Å²) in [6, 6.07) is 0. The highest BCUT2D eigenvalue weighted by Crippen LogP contribution is 2.35. The number of epoxide rings is 1. The smallest absolute Gasteiger partial charge is 0.309 e. The summed E-state index contributed by atoms with van der Waals surface area (Å²) in [6.07, 6.45) is 10.2. The average molecular weight is 533 g/mol. The first kappa shape index (κ1) is 31.7. The van der Waals surface area contributed by atoms with Crippen molar-refractivity contribution >= 4 is 17.7 Å². The number of ketones is 1. The highest BCUT2D eigenvalue weighted by molar-refractivity contribution is 5.81. The summed E-state index contributed by atoms with van der Waals surface area (Å²) in [5.41, 5.74) is -0.795. The van der Waals surface area contributed by atoms with Crippen LogP contribution in [0.15, 0.2) is 48.1 Å². The Morgan fingerprint density at radius 3 is 2.55 bits per heavy atom. The van der Waals surface area contributed by atoms with Crippen molar-refractivity contribution in [1.82, 2.24) is 0 Å². The first-order chi connectivity index (χ1) is 17.7. The summed E-state index contributed by atoms with van der Waals surface area (Å²) < 4.78 is 16.8. The number of rotatable bonds is 9. The van der Waals surface area contributed by atoms with Crippen molar-refractivity contribution in [2.45, 2.75) is 104 Å². The molecule has 8 heteroatoms. The van der Waals surface area contributed by atoms with Gasteiger partial charge in [0.15, 0.2) is 6.10 Å². The lowest BCUT2D eigenvalue weighted by molar-refractivity contribution is -0.152. The summed E-state index contributed by atoms with van der Waals surface area (Å²) in [6.45, 7) is 12.3. The van der Waals surface area contributed by atoms with E-state index in [9.17, 15) is 24.6 Å². The van der Waals surface area contributed by atoms with Crippen LogP contribution in [0.25, 0.3) is 0 Å². The molecule has 0 radical (unpaired) electrons. The molecule has 38 heavy (non-hydrogen) atoms. The molecular weight excluding hydrogens is 488 g/mol. The van der Waals surface area contributed by atoms with Gasteiger partial charge in [-0.3, -0.25) is 14.4 Å². The zero-order valence-corrected chi connectivity index (χ0v) is 23.6. The molecule has 1 saturated heterocycles. The maximum Gasteiger partial charge on any atom is 0.309 e. The lowest BCUT2D eigenvalue weighted by Gasteiger charge is -2.29. The fourth-order valence-corrected chi connectivity index (χ4v) is 4.58. The molecule has 1 fully saturated rings. The van der Waals surface area contributed by atoms with E-state index in [1.807, 2.05) is 39.8 Å². The molecule has 0 aromatic carbocycles. The minimum Gasteiger partial charge on any atom is -0.457 e. The predicted octanol–water partition coefficient (Wildman–Crippen LogP) is 4.01. The topological polar surface area (TPSA) is 123 Å². The Kier molecular flexibility index (Phi) is 11.7. The van der Waals surface area contributed by atoms with Gasteiger partial charge in [-0.2, -0.15) is 0 Å². The van der Waals surface area contributed by atoms with Crippen molar-refractivity contribution in [3.05, 3.63) is 48.1 Å². The monoisotopic (exact) mass is 532 g/mol. The summed E-state index contributed by atoms with van der Waals surface area (Å²) in [5, 5.41) is 21.1. The van der Waals surface area contributed by atoms with Crippen molar-refractivity contribution in [3.63, 3.8) is 0 Å². The Balaban J connectivity index is 2.14. The minimum absolute atomic E-state index is 0.000583. The molecule has 2 N–H and O–H groups in total. The SMILES string of the molecule is CCC(=O)C(C)C1OC1CC(C)/C=C/C=C(\C)C1OC(=O)CC(O)/C=C\C(C)(O)C(OC(C)=O)/C=C\C1C. The van der Waals surface area contributed by atoms with Crippen LogP contribution in [0.2, 0.25) is 0 Å². The van der Waals surface area contributed by atoms with Crippen molar-refractivity contribution in [1.29, 1.82) is 0 Å². The zero-order chi connectivity index (χ0) is 28.6. The number of carbonyl (C=O) groups is 3. The van der Waals surface area contributed by atoms with E-state index in [-0.39, 0.29) is 42.2 Å².